The molecule has 1 aliphatic heterocycles. The van der Waals surface area contributed by atoms with Crippen molar-refractivity contribution >= 4 is 22.5 Å². The molecule has 1 aromatic heterocycles. The standard InChI is InChI=1S/C18H24N4O2/c1-12(2)22-11-13(18(24)21-9-4-7-20-8-10-21)17(23)16-14(19)5-3-6-15(16)22/h3,5-6,11-12,20H,4,7-10,19H2,1-2H3. The predicted octanol–water partition coefficient (Wildman–Crippen LogP) is 1.60. The summed E-state index contributed by atoms with van der Waals surface area (Å²) in [6.07, 6.45) is 2.58. The Morgan fingerprint density at radius 3 is 2.79 bits per heavy atom. The highest BCUT2D eigenvalue weighted by Gasteiger charge is 2.23. The van der Waals surface area contributed by atoms with Crippen LogP contribution in [0.2, 0.25) is 0 Å². The molecule has 0 spiro atoms. The normalized spacial score (nSPS) is 15.7. The van der Waals surface area contributed by atoms with Crippen LogP contribution in [0.5, 0.6) is 0 Å². The number of amides is 1. The number of carbonyl (C=O) groups excluding carboxylic acids is 1. The molecule has 2 aromatic rings. The average Bonchev–Trinajstić information content (AvgIpc) is 2.83. The van der Waals surface area contributed by atoms with Gasteiger partial charge in [0.15, 0.2) is 0 Å². The Balaban J connectivity index is 2.17. The molecule has 6 heteroatoms. The fourth-order valence-electron chi connectivity index (χ4n) is 3.22. The van der Waals surface area contributed by atoms with Crippen LogP contribution in [0.25, 0.3) is 10.9 Å². The van der Waals surface area contributed by atoms with Crippen molar-refractivity contribution in [1.82, 2.24) is 14.8 Å². The monoisotopic (exact) mass is 328 g/mol. The number of nitrogen functional groups attached to an aromatic ring is 1. The maximum atomic E-state index is 12.9. The molecule has 0 unspecified atom stereocenters. The Morgan fingerprint density at radius 2 is 2.04 bits per heavy atom. The predicted molar refractivity (Wildman–Crippen MR) is 96.4 cm³/mol. The molecule has 1 aliphatic rings. The van der Waals surface area contributed by atoms with E-state index in [9.17, 15) is 9.59 Å². The minimum absolute atomic E-state index is 0.118. The Bertz CT molecular complexity index is 818. The second-order valence-electron chi connectivity index (χ2n) is 6.51. The SMILES string of the molecule is CC(C)n1cc(C(=O)N2CCCNCC2)c(=O)c2c(N)cccc21. The van der Waals surface area contributed by atoms with E-state index in [2.05, 4.69) is 5.32 Å². The Hall–Kier alpha value is -2.34. The molecule has 0 atom stereocenters. The molecule has 24 heavy (non-hydrogen) atoms. The zero-order chi connectivity index (χ0) is 17.3. The fraction of sp³-hybridized carbons (Fsp3) is 0.444. The molecule has 0 radical (unpaired) electrons. The molecule has 1 fully saturated rings. The van der Waals surface area contributed by atoms with Gasteiger partial charge in [-0.15, -0.1) is 0 Å². The van der Waals surface area contributed by atoms with Gasteiger partial charge in [-0.3, -0.25) is 9.59 Å². The van der Waals surface area contributed by atoms with Gasteiger partial charge < -0.3 is 20.5 Å². The van der Waals surface area contributed by atoms with E-state index < -0.39 is 0 Å². The molecule has 3 N–H and O–H groups in total. The van der Waals surface area contributed by atoms with E-state index >= 15 is 0 Å². The second kappa shape index (κ2) is 6.65. The summed E-state index contributed by atoms with van der Waals surface area (Å²) in [5.74, 6) is -0.205. The topological polar surface area (TPSA) is 80.4 Å². The van der Waals surface area contributed by atoms with Gasteiger partial charge in [0.05, 0.1) is 10.9 Å². The van der Waals surface area contributed by atoms with E-state index in [1.165, 1.54) is 0 Å². The van der Waals surface area contributed by atoms with Crippen molar-refractivity contribution in [3.63, 3.8) is 0 Å². The van der Waals surface area contributed by atoms with Crippen LogP contribution in [-0.4, -0.2) is 41.6 Å². The van der Waals surface area contributed by atoms with Gasteiger partial charge >= 0.3 is 0 Å². The zero-order valence-corrected chi connectivity index (χ0v) is 14.2. The van der Waals surface area contributed by atoms with E-state index in [-0.39, 0.29) is 22.9 Å². The van der Waals surface area contributed by atoms with Gasteiger partial charge in [-0.2, -0.15) is 0 Å². The number of anilines is 1. The lowest BCUT2D eigenvalue weighted by molar-refractivity contribution is 0.0764. The zero-order valence-electron chi connectivity index (χ0n) is 14.2. The van der Waals surface area contributed by atoms with Crippen molar-refractivity contribution in [3.8, 4) is 0 Å². The van der Waals surface area contributed by atoms with Crippen LogP contribution in [0.1, 0.15) is 36.7 Å². The van der Waals surface area contributed by atoms with Gasteiger partial charge in [0.25, 0.3) is 5.91 Å². The summed E-state index contributed by atoms with van der Waals surface area (Å²) in [7, 11) is 0. The first kappa shape index (κ1) is 16.5. The summed E-state index contributed by atoms with van der Waals surface area (Å²) < 4.78 is 1.95. The number of hydrogen-bond acceptors (Lipinski definition) is 4. The quantitative estimate of drug-likeness (QED) is 0.821. The van der Waals surface area contributed by atoms with Crippen molar-refractivity contribution in [1.29, 1.82) is 0 Å². The third-order valence-corrected chi connectivity index (χ3v) is 4.51. The van der Waals surface area contributed by atoms with Crippen LogP contribution in [0.15, 0.2) is 29.2 Å². The molecule has 2 heterocycles. The summed E-state index contributed by atoms with van der Waals surface area (Å²) in [5.41, 5.74) is 7.16. The van der Waals surface area contributed by atoms with E-state index in [4.69, 9.17) is 5.73 Å². The average molecular weight is 328 g/mol. The summed E-state index contributed by atoms with van der Waals surface area (Å²) >= 11 is 0. The molecule has 6 nitrogen and oxygen atoms in total. The van der Waals surface area contributed by atoms with Crippen LogP contribution < -0.4 is 16.5 Å². The lowest BCUT2D eigenvalue weighted by Gasteiger charge is -2.22. The van der Waals surface area contributed by atoms with Crippen LogP contribution in [0.3, 0.4) is 0 Å². The summed E-state index contributed by atoms with van der Waals surface area (Å²) in [4.78, 5) is 27.6. The highest BCUT2D eigenvalue weighted by molar-refractivity contribution is 6.00. The number of pyridine rings is 1. The number of hydrogen-bond donors (Lipinski definition) is 2. The number of carbonyl (C=O) groups is 1. The van der Waals surface area contributed by atoms with E-state index in [0.29, 0.717) is 24.2 Å². The van der Waals surface area contributed by atoms with Crippen molar-refractivity contribution in [2.75, 3.05) is 31.9 Å². The molecule has 3 rings (SSSR count). The van der Waals surface area contributed by atoms with Crippen LogP contribution >= 0.6 is 0 Å². The van der Waals surface area contributed by atoms with Crippen LogP contribution in [-0.2, 0) is 0 Å². The van der Waals surface area contributed by atoms with Crippen molar-refractivity contribution in [3.05, 3.63) is 40.2 Å². The largest absolute Gasteiger partial charge is 0.398 e. The molecule has 0 aliphatic carbocycles. The van der Waals surface area contributed by atoms with E-state index in [1.54, 1.807) is 17.2 Å². The first-order valence-electron chi connectivity index (χ1n) is 8.44. The highest BCUT2D eigenvalue weighted by atomic mass is 16.2. The Morgan fingerprint density at radius 1 is 1.25 bits per heavy atom. The maximum Gasteiger partial charge on any atom is 0.259 e. The second-order valence-corrected chi connectivity index (χ2v) is 6.51. The molecule has 0 bridgehead atoms. The number of nitrogens with two attached hydrogens (primary N) is 1. The molecule has 0 saturated carbocycles. The van der Waals surface area contributed by atoms with Crippen molar-refractivity contribution in [2.24, 2.45) is 0 Å². The summed E-state index contributed by atoms with van der Waals surface area (Å²) in [6.45, 7) is 6.97. The van der Waals surface area contributed by atoms with Crippen molar-refractivity contribution < 1.29 is 4.79 Å². The van der Waals surface area contributed by atoms with Crippen molar-refractivity contribution in [2.45, 2.75) is 26.3 Å². The lowest BCUT2D eigenvalue weighted by Crippen LogP contribution is -2.37. The van der Waals surface area contributed by atoms with E-state index in [0.717, 1.165) is 25.0 Å². The first-order valence-corrected chi connectivity index (χ1v) is 8.44. The Labute approximate surface area is 141 Å². The Kier molecular flexibility index (Phi) is 4.57. The van der Waals surface area contributed by atoms with Gasteiger partial charge in [0, 0.05) is 37.6 Å². The van der Waals surface area contributed by atoms with Gasteiger partial charge in [-0.1, -0.05) is 6.07 Å². The third-order valence-electron chi connectivity index (χ3n) is 4.51. The van der Waals surface area contributed by atoms with Gasteiger partial charge in [-0.25, -0.2) is 0 Å². The van der Waals surface area contributed by atoms with Crippen LogP contribution in [0.4, 0.5) is 5.69 Å². The minimum Gasteiger partial charge on any atom is -0.398 e. The first-order chi connectivity index (χ1) is 11.5. The number of nitrogens with one attached hydrogen (secondary N) is 1. The number of fused-ring (bicyclic) bond motifs is 1. The number of benzene rings is 1. The van der Waals surface area contributed by atoms with Gasteiger partial charge in [0.1, 0.15) is 5.56 Å². The molecular formula is C18H24N4O2. The number of aromatic nitrogens is 1. The number of nitrogens with zero attached hydrogens (tertiary/aromatic N) is 2. The fourth-order valence-corrected chi connectivity index (χ4v) is 3.22. The minimum atomic E-state index is -0.276. The van der Waals surface area contributed by atoms with E-state index in [1.807, 2.05) is 30.5 Å². The molecule has 128 valence electrons. The maximum absolute atomic E-state index is 12.9. The highest BCUT2D eigenvalue weighted by Crippen LogP contribution is 2.22. The van der Waals surface area contributed by atoms with Gasteiger partial charge in [0.2, 0.25) is 5.43 Å². The van der Waals surface area contributed by atoms with Crippen LogP contribution in [0, 0.1) is 0 Å². The molecule has 1 aromatic carbocycles. The third kappa shape index (κ3) is 2.89. The molecule has 1 amide bonds. The number of rotatable bonds is 2. The smallest absolute Gasteiger partial charge is 0.259 e. The summed E-state index contributed by atoms with van der Waals surface area (Å²) in [6, 6.07) is 5.53. The lowest BCUT2D eigenvalue weighted by atomic mass is 10.1. The molecule has 1 saturated heterocycles. The van der Waals surface area contributed by atoms with Gasteiger partial charge in [-0.05, 0) is 38.9 Å². The summed E-state index contributed by atoms with van der Waals surface area (Å²) in [5, 5.41) is 3.70. The molecular weight excluding hydrogens is 304 g/mol.